The van der Waals surface area contributed by atoms with Crippen LogP contribution in [0, 0.1) is 16.0 Å². The largest absolute Gasteiger partial charge is 0.303 e. The molecule has 4 heteroatoms. The molecular weight excluding hydrogens is 264 g/mol. The summed E-state index contributed by atoms with van der Waals surface area (Å²) in [4.78, 5) is 13.4. The number of nitrogens with zero attached hydrogens (tertiary/aromatic N) is 2. The number of allylic oxidation sites excluding steroid dienone is 2. The molecule has 4 nitrogen and oxygen atoms in total. The van der Waals surface area contributed by atoms with Crippen LogP contribution < -0.4 is 0 Å². The van der Waals surface area contributed by atoms with Gasteiger partial charge in [-0.15, -0.1) is 0 Å². The van der Waals surface area contributed by atoms with Gasteiger partial charge in [0.1, 0.15) is 0 Å². The molecule has 1 heterocycles. The van der Waals surface area contributed by atoms with E-state index in [9.17, 15) is 10.1 Å². The first-order valence-electron chi connectivity index (χ1n) is 7.75. The Bertz CT molecular complexity index is 640. The fourth-order valence-electron chi connectivity index (χ4n) is 4.86. The molecule has 1 saturated heterocycles. The topological polar surface area (TPSA) is 46.4 Å². The lowest BCUT2D eigenvalue weighted by molar-refractivity contribution is -0.385. The van der Waals surface area contributed by atoms with E-state index in [1.807, 2.05) is 12.1 Å². The van der Waals surface area contributed by atoms with Crippen molar-refractivity contribution in [2.24, 2.45) is 5.92 Å². The molecule has 2 aliphatic carbocycles. The second-order valence-corrected chi connectivity index (χ2v) is 6.77. The molecule has 4 rings (SSSR count). The van der Waals surface area contributed by atoms with Gasteiger partial charge in [0, 0.05) is 23.6 Å². The Labute approximate surface area is 124 Å². The third kappa shape index (κ3) is 1.72. The van der Waals surface area contributed by atoms with Gasteiger partial charge >= 0.3 is 0 Å². The minimum atomic E-state index is -0.258. The second kappa shape index (κ2) is 4.41. The minimum absolute atomic E-state index is 0.130. The molecule has 21 heavy (non-hydrogen) atoms. The van der Waals surface area contributed by atoms with Crippen molar-refractivity contribution in [3.63, 3.8) is 0 Å². The van der Waals surface area contributed by atoms with Crippen LogP contribution in [0.5, 0.6) is 0 Å². The molecule has 0 saturated carbocycles. The van der Waals surface area contributed by atoms with Crippen LogP contribution in [0.2, 0.25) is 0 Å². The predicted octanol–water partition coefficient (Wildman–Crippen LogP) is 3.06. The Balaban J connectivity index is 1.91. The number of nitro groups is 1. The molecule has 0 unspecified atom stereocenters. The number of non-ortho nitro benzene ring substituents is 1. The van der Waals surface area contributed by atoms with E-state index >= 15 is 0 Å². The summed E-state index contributed by atoms with van der Waals surface area (Å²) in [5.74, 6) is 0.607. The molecular formula is C17H20N2O2. The zero-order valence-electron chi connectivity index (χ0n) is 12.3. The summed E-state index contributed by atoms with van der Waals surface area (Å²) in [5.41, 5.74) is 2.96. The van der Waals surface area contributed by atoms with Crippen molar-refractivity contribution in [2.45, 2.75) is 37.1 Å². The molecule has 0 aromatic heterocycles. The van der Waals surface area contributed by atoms with Gasteiger partial charge in [0.05, 0.1) is 4.92 Å². The number of likely N-dealkylation sites (tertiary alicyclic amines) is 1. The van der Waals surface area contributed by atoms with Crippen molar-refractivity contribution >= 4 is 5.69 Å². The number of fused-ring (bicyclic) bond motifs is 1. The average Bonchev–Trinajstić information content (AvgIpc) is 2.50. The Morgan fingerprint density at radius 1 is 1.38 bits per heavy atom. The van der Waals surface area contributed by atoms with Gasteiger partial charge in [0.15, 0.2) is 0 Å². The van der Waals surface area contributed by atoms with Crippen LogP contribution in [0.4, 0.5) is 5.69 Å². The number of nitro benzene ring substituents is 1. The molecule has 0 amide bonds. The number of benzene rings is 1. The van der Waals surface area contributed by atoms with E-state index in [-0.39, 0.29) is 16.0 Å². The molecule has 0 N–H and O–H groups in total. The average molecular weight is 284 g/mol. The number of piperidine rings is 1. The Morgan fingerprint density at radius 3 is 3.05 bits per heavy atom. The van der Waals surface area contributed by atoms with Crippen LogP contribution in [-0.4, -0.2) is 29.5 Å². The van der Waals surface area contributed by atoms with Crippen molar-refractivity contribution in [3.8, 4) is 0 Å². The van der Waals surface area contributed by atoms with Crippen LogP contribution in [0.1, 0.15) is 30.4 Å². The summed E-state index contributed by atoms with van der Waals surface area (Å²) in [5, 5.41) is 11.2. The molecule has 3 atom stereocenters. The third-order valence-corrected chi connectivity index (χ3v) is 5.96. The molecule has 3 aliphatic rings. The first-order chi connectivity index (χ1) is 10.1. The highest BCUT2D eigenvalue weighted by Gasteiger charge is 2.52. The Hall–Kier alpha value is -1.68. The van der Waals surface area contributed by atoms with Gasteiger partial charge in [-0.2, -0.15) is 0 Å². The van der Waals surface area contributed by atoms with Crippen molar-refractivity contribution in [1.82, 2.24) is 4.90 Å². The summed E-state index contributed by atoms with van der Waals surface area (Å²) in [6.45, 7) is 1.09. The number of hydrogen-bond acceptors (Lipinski definition) is 3. The fraction of sp³-hybridized carbons (Fsp3) is 0.529. The summed E-state index contributed by atoms with van der Waals surface area (Å²) >= 11 is 0. The first-order valence-corrected chi connectivity index (χ1v) is 7.75. The summed E-state index contributed by atoms with van der Waals surface area (Å²) in [6, 6.07) is 6.11. The van der Waals surface area contributed by atoms with Crippen molar-refractivity contribution in [2.75, 3.05) is 13.6 Å². The molecule has 110 valence electrons. The van der Waals surface area contributed by atoms with Crippen LogP contribution in [0.15, 0.2) is 30.4 Å². The minimum Gasteiger partial charge on any atom is -0.303 e. The van der Waals surface area contributed by atoms with Gasteiger partial charge in [0.25, 0.3) is 5.69 Å². The van der Waals surface area contributed by atoms with Gasteiger partial charge in [-0.25, -0.2) is 0 Å². The maximum atomic E-state index is 11.2. The molecule has 0 radical (unpaired) electrons. The lowest BCUT2D eigenvalue weighted by Crippen LogP contribution is -2.59. The molecule has 1 aromatic rings. The van der Waals surface area contributed by atoms with E-state index < -0.39 is 0 Å². The monoisotopic (exact) mass is 284 g/mol. The standard InChI is InChI=1S/C17H20N2O2/c1-18-9-8-17-7-3-2-4-14(17)16(18)10-12-5-6-13(19(20)21)11-15(12)17/h2-3,5-6,11,14,16H,4,7-10H2,1H3/t14-,16+,17+/m0/s1. The van der Waals surface area contributed by atoms with Gasteiger partial charge in [-0.3, -0.25) is 10.1 Å². The van der Waals surface area contributed by atoms with E-state index in [1.54, 1.807) is 6.07 Å². The van der Waals surface area contributed by atoms with Crippen molar-refractivity contribution < 1.29 is 4.92 Å². The van der Waals surface area contributed by atoms with Crippen molar-refractivity contribution in [3.05, 3.63) is 51.6 Å². The summed E-state index contributed by atoms with van der Waals surface area (Å²) in [6.07, 6.45) is 8.88. The fourth-order valence-corrected chi connectivity index (χ4v) is 4.86. The highest BCUT2D eigenvalue weighted by molar-refractivity contribution is 5.48. The van der Waals surface area contributed by atoms with E-state index in [0.717, 1.165) is 32.2 Å². The highest BCUT2D eigenvalue weighted by atomic mass is 16.6. The third-order valence-electron chi connectivity index (χ3n) is 5.96. The Kier molecular flexibility index (Phi) is 2.73. The Morgan fingerprint density at radius 2 is 2.24 bits per heavy atom. The van der Waals surface area contributed by atoms with E-state index in [0.29, 0.717) is 12.0 Å². The van der Waals surface area contributed by atoms with Gasteiger partial charge < -0.3 is 4.90 Å². The second-order valence-electron chi connectivity index (χ2n) is 6.77. The maximum Gasteiger partial charge on any atom is 0.269 e. The van der Waals surface area contributed by atoms with E-state index in [1.165, 1.54) is 11.1 Å². The number of hydrogen-bond donors (Lipinski definition) is 0. The lowest BCUT2D eigenvalue weighted by atomic mass is 9.54. The SMILES string of the molecule is CN1CC[C@]23CC=CC[C@H]2[C@H]1Cc1ccc([N+](=O)[O-])cc13. The summed E-state index contributed by atoms with van der Waals surface area (Å²) in [7, 11) is 2.23. The lowest BCUT2D eigenvalue weighted by Gasteiger charge is -2.57. The molecule has 1 aliphatic heterocycles. The maximum absolute atomic E-state index is 11.2. The van der Waals surface area contributed by atoms with Gasteiger partial charge in [-0.05, 0) is 56.3 Å². The van der Waals surface area contributed by atoms with Gasteiger partial charge in [0.2, 0.25) is 0 Å². The molecule has 2 bridgehead atoms. The normalized spacial score (nSPS) is 34.1. The number of rotatable bonds is 1. The van der Waals surface area contributed by atoms with Crippen LogP contribution in [0.25, 0.3) is 0 Å². The van der Waals surface area contributed by atoms with Crippen LogP contribution in [-0.2, 0) is 11.8 Å². The summed E-state index contributed by atoms with van der Waals surface area (Å²) < 4.78 is 0. The van der Waals surface area contributed by atoms with E-state index in [2.05, 4.69) is 24.1 Å². The predicted molar refractivity (Wildman–Crippen MR) is 81.4 cm³/mol. The zero-order valence-corrected chi connectivity index (χ0v) is 12.3. The van der Waals surface area contributed by atoms with Crippen LogP contribution in [0.3, 0.4) is 0 Å². The molecule has 1 fully saturated rings. The zero-order chi connectivity index (χ0) is 14.6. The molecule has 1 aromatic carbocycles. The smallest absolute Gasteiger partial charge is 0.269 e. The number of likely N-dealkylation sites (N-methyl/N-ethyl adjacent to an activating group) is 1. The van der Waals surface area contributed by atoms with Crippen LogP contribution >= 0.6 is 0 Å². The molecule has 0 spiro atoms. The first kappa shape index (κ1) is 13.0. The van der Waals surface area contributed by atoms with E-state index in [4.69, 9.17) is 0 Å². The van der Waals surface area contributed by atoms with Gasteiger partial charge in [-0.1, -0.05) is 18.2 Å². The quantitative estimate of drug-likeness (QED) is 0.452. The highest BCUT2D eigenvalue weighted by Crippen LogP contribution is 2.54. The van der Waals surface area contributed by atoms with Crippen molar-refractivity contribution in [1.29, 1.82) is 0 Å².